The van der Waals surface area contributed by atoms with Crippen molar-refractivity contribution in [3.05, 3.63) is 57.3 Å². The third-order valence-electron chi connectivity index (χ3n) is 2.95. The molecule has 0 aliphatic rings. The monoisotopic (exact) mass is 286 g/mol. The summed E-state index contributed by atoms with van der Waals surface area (Å²) < 4.78 is 37.5. The predicted octanol–water partition coefficient (Wildman–Crippen LogP) is 3.63. The minimum atomic E-state index is -4.32. The average Bonchev–Trinajstić information content (AvgIpc) is 2.76. The van der Waals surface area contributed by atoms with E-state index < -0.39 is 11.7 Å². The highest BCUT2D eigenvalue weighted by atomic mass is 32.1. The standard InChI is InChI=1S/C13H13F3N2S/c1-8-11(6-7-19-8)12(18-17)9-2-4-10(5-3-9)13(14,15)16/h2-7,12,18H,17H2,1H3. The van der Waals surface area contributed by atoms with Gasteiger partial charge in [-0.2, -0.15) is 13.2 Å². The Kier molecular flexibility index (Phi) is 3.93. The molecule has 1 aromatic heterocycles. The molecule has 1 heterocycles. The van der Waals surface area contributed by atoms with Crippen LogP contribution in [0.25, 0.3) is 0 Å². The van der Waals surface area contributed by atoms with Gasteiger partial charge < -0.3 is 0 Å². The normalized spacial score (nSPS) is 13.5. The van der Waals surface area contributed by atoms with Crippen molar-refractivity contribution in [2.24, 2.45) is 5.84 Å². The highest BCUT2D eigenvalue weighted by molar-refractivity contribution is 7.10. The minimum absolute atomic E-state index is 0.298. The van der Waals surface area contributed by atoms with Gasteiger partial charge in [-0.05, 0) is 41.6 Å². The molecule has 0 aliphatic carbocycles. The van der Waals surface area contributed by atoms with E-state index in [2.05, 4.69) is 5.43 Å². The lowest BCUT2D eigenvalue weighted by Gasteiger charge is -2.17. The van der Waals surface area contributed by atoms with E-state index in [9.17, 15) is 13.2 Å². The van der Waals surface area contributed by atoms with E-state index in [-0.39, 0.29) is 6.04 Å². The third kappa shape index (κ3) is 2.97. The summed E-state index contributed by atoms with van der Waals surface area (Å²) in [5.74, 6) is 5.52. The molecule has 0 bridgehead atoms. The van der Waals surface area contributed by atoms with Gasteiger partial charge in [0.25, 0.3) is 0 Å². The Morgan fingerprint density at radius 2 is 1.79 bits per heavy atom. The SMILES string of the molecule is Cc1sccc1C(NN)c1ccc(C(F)(F)F)cc1. The summed E-state index contributed by atoms with van der Waals surface area (Å²) in [5.41, 5.74) is 3.67. The minimum Gasteiger partial charge on any atom is -0.271 e. The molecule has 2 rings (SSSR count). The lowest BCUT2D eigenvalue weighted by atomic mass is 9.99. The van der Waals surface area contributed by atoms with Crippen LogP contribution in [0.3, 0.4) is 0 Å². The van der Waals surface area contributed by atoms with Crippen LogP contribution >= 0.6 is 11.3 Å². The van der Waals surface area contributed by atoms with Gasteiger partial charge in [-0.1, -0.05) is 12.1 Å². The molecule has 0 saturated heterocycles. The molecule has 1 atom stereocenters. The zero-order valence-corrected chi connectivity index (χ0v) is 11.0. The van der Waals surface area contributed by atoms with Crippen LogP contribution in [0.15, 0.2) is 35.7 Å². The number of alkyl halides is 3. The molecular formula is C13H13F3N2S. The maximum Gasteiger partial charge on any atom is 0.416 e. The number of hydrazine groups is 1. The van der Waals surface area contributed by atoms with Crippen molar-refractivity contribution >= 4 is 11.3 Å². The Balaban J connectivity index is 2.33. The van der Waals surface area contributed by atoms with Crippen molar-refractivity contribution in [3.63, 3.8) is 0 Å². The lowest BCUT2D eigenvalue weighted by Crippen LogP contribution is -2.29. The van der Waals surface area contributed by atoms with Gasteiger partial charge in [-0.3, -0.25) is 5.84 Å². The topological polar surface area (TPSA) is 38.0 Å². The number of aryl methyl sites for hydroxylation is 1. The zero-order chi connectivity index (χ0) is 14.0. The quantitative estimate of drug-likeness (QED) is 0.668. The highest BCUT2D eigenvalue weighted by Gasteiger charge is 2.30. The summed E-state index contributed by atoms with van der Waals surface area (Å²) in [4.78, 5) is 1.09. The number of rotatable bonds is 3. The van der Waals surface area contributed by atoms with Crippen molar-refractivity contribution in [1.82, 2.24) is 5.43 Å². The fourth-order valence-corrected chi connectivity index (χ4v) is 2.67. The second kappa shape index (κ2) is 5.32. The molecule has 1 aromatic carbocycles. The molecular weight excluding hydrogens is 273 g/mol. The van der Waals surface area contributed by atoms with Crippen LogP contribution in [0.4, 0.5) is 13.2 Å². The zero-order valence-electron chi connectivity index (χ0n) is 10.2. The summed E-state index contributed by atoms with van der Waals surface area (Å²) >= 11 is 1.57. The number of thiophene rings is 1. The van der Waals surface area contributed by atoms with E-state index in [0.29, 0.717) is 5.56 Å². The van der Waals surface area contributed by atoms with Gasteiger partial charge in [0.2, 0.25) is 0 Å². The van der Waals surface area contributed by atoms with Gasteiger partial charge in [0, 0.05) is 4.88 Å². The Morgan fingerprint density at radius 1 is 1.16 bits per heavy atom. The molecule has 3 N–H and O–H groups in total. The van der Waals surface area contributed by atoms with E-state index in [1.807, 2.05) is 18.4 Å². The van der Waals surface area contributed by atoms with Gasteiger partial charge in [-0.15, -0.1) is 11.3 Å². The molecule has 0 radical (unpaired) electrons. The third-order valence-corrected chi connectivity index (χ3v) is 3.81. The number of nitrogens with two attached hydrogens (primary N) is 1. The van der Waals surface area contributed by atoms with Crippen molar-refractivity contribution in [2.45, 2.75) is 19.1 Å². The molecule has 0 saturated carbocycles. The van der Waals surface area contributed by atoms with Crippen LogP contribution < -0.4 is 11.3 Å². The van der Waals surface area contributed by atoms with Crippen molar-refractivity contribution < 1.29 is 13.2 Å². The Labute approximate surface area is 113 Å². The van der Waals surface area contributed by atoms with Crippen molar-refractivity contribution in [3.8, 4) is 0 Å². The van der Waals surface area contributed by atoms with Gasteiger partial charge in [0.1, 0.15) is 0 Å². The van der Waals surface area contributed by atoms with E-state index >= 15 is 0 Å². The molecule has 19 heavy (non-hydrogen) atoms. The first-order valence-electron chi connectivity index (χ1n) is 5.60. The van der Waals surface area contributed by atoms with E-state index in [4.69, 9.17) is 5.84 Å². The molecule has 0 aliphatic heterocycles. The van der Waals surface area contributed by atoms with Crippen LogP contribution in [-0.4, -0.2) is 0 Å². The second-order valence-corrected chi connectivity index (χ2v) is 5.27. The maximum absolute atomic E-state index is 12.5. The largest absolute Gasteiger partial charge is 0.416 e. The summed E-state index contributed by atoms with van der Waals surface area (Å²) in [7, 11) is 0. The van der Waals surface area contributed by atoms with Gasteiger partial charge in [-0.25, -0.2) is 5.43 Å². The van der Waals surface area contributed by atoms with E-state index in [1.54, 1.807) is 11.3 Å². The van der Waals surface area contributed by atoms with Crippen LogP contribution in [0.1, 0.15) is 27.6 Å². The first-order valence-corrected chi connectivity index (χ1v) is 6.48. The van der Waals surface area contributed by atoms with E-state index in [0.717, 1.165) is 22.6 Å². The number of nitrogens with one attached hydrogen (secondary N) is 1. The van der Waals surface area contributed by atoms with Gasteiger partial charge in [0.05, 0.1) is 11.6 Å². The summed E-state index contributed by atoms with van der Waals surface area (Å²) in [6.45, 7) is 1.95. The molecule has 0 spiro atoms. The average molecular weight is 286 g/mol. The molecule has 6 heteroatoms. The molecule has 0 fully saturated rings. The number of benzene rings is 1. The second-order valence-electron chi connectivity index (χ2n) is 4.15. The smallest absolute Gasteiger partial charge is 0.271 e. The summed E-state index contributed by atoms with van der Waals surface area (Å²) in [6, 6.07) is 6.66. The molecule has 2 nitrogen and oxygen atoms in total. The van der Waals surface area contributed by atoms with Crippen LogP contribution in [0, 0.1) is 6.92 Å². The van der Waals surface area contributed by atoms with Crippen LogP contribution in [0.5, 0.6) is 0 Å². The molecule has 1 unspecified atom stereocenters. The fraction of sp³-hybridized carbons (Fsp3) is 0.231. The predicted molar refractivity (Wildman–Crippen MR) is 69.7 cm³/mol. The Hall–Kier alpha value is -1.37. The fourth-order valence-electron chi connectivity index (χ4n) is 1.92. The van der Waals surface area contributed by atoms with Crippen molar-refractivity contribution in [1.29, 1.82) is 0 Å². The Morgan fingerprint density at radius 3 is 2.21 bits per heavy atom. The summed E-state index contributed by atoms with van der Waals surface area (Å²) in [5, 5.41) is 1.93. The molecule has 102 valence electrons. The van der Waals surface area contributed by atoms with Gasteiger partial charge >= 0.3 is 6.18 Å². The Bertz CT molecular complexity index is 546. The maximum atomic E-state index is 12.5. The first-order chi connectivity index (χ1) is 8.93. The van der Waals surface area contributed by atoms with Gasteiger partial charge in [0.15, 0.2) is 0 Å². The van der Waals surface area contributed by atoms with E-state index in [1.165, 1.54) is 12.1 Å². The molecule has 2 aromatic rings. The summed E-state index contributed by atoms with van der Waals surface area (Å²) in [6.07, 6.45) is -4.32. The lowest BCUT2D eigenvalue weighted by molar-refractivity contribution is -0.137. The number of hydrogen-bond donors (Lipinski definition) is 2. The van der Waals surface area contributed by atoms with Crippen LogP contribution in [0.2, 0.25) is 0 Å². The van der Waals surface area contributed by atoms with Crippen LogP contribution in [-0.2, 0) is 6.18 Å². The number of halogens is 3. The van der Waals surface area contributed by atoms with Crippen molar-refractivity contribution in [2.75, 3.05) is 0 Å². The molecule has 0 amide bonds. The highest BCUT2D eigenvalue weighted by Crippen LogP contribution is 2.32. The number of hydrogen-bond acceptors (Lipinski definition) is 3. The first kappa shape index (κ1) is 14.0.